The Morgan fingerprint density at radius 2 is 2.32 bits per heavy atom. The first kappa shape index (κ1) is 12.1. The van der Waals surface area contributed by atoms with Crippen molar-refractivity contribution in [3.05, 3.63) is 30.1 Å². The van der Waals surface area contributed by atoms with E-state index in [0.717, 1.165) is 30.2 Å². The van der Waals surface area contributed by atoms with E-state index in [9.17, 15) is 0 Å². The lowest BCUT2D eigenvalue weighted by Crippen LogP contribution is -2.24. The van der Waals surface area contributed by atoms with Gasteiger partial charge < -0.3 is 10.1 Å². The second-order valence-electron chi connectivity index (χ2n) is 4.66. The average Bonchev–Trinajstić information content (AvgIpc) is 3.11. The number of aromatic nitrogens is 4. The normalized spacial score (nSPS) is 18.7. The molecular weight excluding hydrogens is 242 g/mol. The van der Waals surface area contributed by atoms with Crippen molar-refractivity contribution < 1.29 is 4.74 Å². The summed E-state index contributed by atoms with van der Waals surface area (Å²) in [6, 6.07) is 8.13. The van der Waals surface area contributed by atoms with Crippen LogP contribution in [0.5, 0.6) is 5.75 Å². The van der Waals surface area contributed by atoms with Crippen molar-refractivity contribution in [1.82, 2.24) is 25.5 Å². The molecule has 1 aliphatic rings. The van der Waals surface area contributed by atoms with Gasteiger partial charge in [0.05, 0.1) is 7.11 Å². The number of hydrogen-bond acceptors (Lipinski definition) is 5. The summed E-state index contributed by atoms with van der Waals surface area (Å²) in [5, 5.41) is 16.1. The first-order valence-corrected chi connectivity index (χ1v) is 6.52. The molecule has 1 aromatic carbocycles. The van der Waals surface area contributed by atoms with E-state index < -0.39 is 0 Å². The Balaban J connectivity index is 1.80. The maximum atomic E-state index is 5.30. The minimum atomic E-state index is 0.482. The van der Waals surface area contributed by atoms with E-state index in [-0.39, 0.29) is 0 Å². The summed E-state index contributed by atoms with van der Waals surface area (Å²) in [5.41, 5.74) is 0.808. The van der Waals surface area contributed by atoms with Crippen molar-refractivity contribution in [2.75, 3.05) is 13.7 Å². The van der Waals surface area contributed by atoms with Gasteiger partial charge in [0.25, 0.3) is 0 Å². The van der Waals surface area contributed by atoms with E-state index in [1.165, 1.54) is 17.6 Å². The van der Waals surface area contributed by atoms with E-state index in [1.807, 2.05) is 24.3 Å². The predicted octanol–water partition coefficient (Wildman–Crippen LogP) is 0.965. The zero-order valence-electron chi connectivity index (χ0n) is 10.9. The molecular formula is C13H17N5O. The largest absolute Gasteiger partial charge is 0.494 e. The molecule has 1 aliphatic heterocycles. The average molecular weight is 259 g/mol. The molecule has 6 heteroatoms. The van der Waals surface area contributed by atoms with E-state index in [2.05, 4.69) is 20.7 Å². The molecule has 0 spiro atoms. The number of tetrazole rings is 1. The molecule has 100 valence electrons. The van der Waals surface area contributed by atoms with Gasteiger partial charge in [0.1, 0.15) is 11.4 Å². The molecule has 19 heavy (non-hydrogen) atoms. The van der Waals surface area contributed by atoms with E-state index in [4.69, 9.17) is 4.74 Å². The zero-order chi connectivity index (χ0) is 13.1. The molecule has 2 aromatic rings. The van der Waals surface area contributed by atoms with E-state index in [1.54, 1.807) is 7.11 Å². The van der Waals surface area contributed by atoms with Gasteiger partial charge in [0, 0.05) is 12.5 Å². The smallest absolute Gasteiger partial charge is 0.176 e. The number of benzene rings is 1. The van der Waals surface area contributed by atoms with Crippen molar-refractivity contribution in [3.63, 3.8) is 0 Å². The lowest BCUT2D eigenvalue weighted by Gasteiger charge is -2.06. The van der Waals surface area contributed by atoms with Crippen LogP contribution in [0.2, 0.25) is 0 Å². The summed E-state index contributed by atoms with van der Waals surface area (Å²) in [7, 11) is 1.64. The van der Waals surface area contributed by atoms with Crippen LogP contribution in [-0.2, 0) is 6.42 Å². The van der Waals surface area contributed by atoms with Crippen molar-refractivity contribution in [1.29, 1.82) is 0 Å². The van der Waals surface area contributed by atoms with Gasteiger partial charge >= 0.3 is 0 Å². The SMILES string of the molecule is COc1ccccc1-n1nnc(CC2CCCN2)n1. The Kier molecular flexibility index (Phi) is 3.41. The van der Waals surface area contributed by atoms with Gasteiger partial charge in [-0.3, -0.25) is 0 Å². The molecule has 0 radical (unpaired) electrons. The molecule has 1 fully saturated rings. The summed E-state index contributed by atoms with van der Waals surface area (Å²) in [5.74, 6) is 1.51. The number of rotatable bonds is 4. The fraction of sp³-hybridized carbons (Fsp3) is 0.462. The second-order valence-corrected chi connectivity index (χ2v) is 4.66. The van der Waals surface area contributed by atoms with Crippen LogP contribution in [0.4, 0.5) is 0 Å². The highest BCUT2D eigenvalue weighted by molar-refractivity contribution is 5.44. The Hall–Kier alpha value is -1.95. The van der Waals surface area contributed by atoms with Gasteiger partial charge in [-0.2, -0.15) is 0 Å². The zero-order valence-corrected chi connectivity index (χ0v) is 10.9. The van der Waals surface area contributed by atoms with Crippen molar-refractivity contribution in [2.24, 2.45) is 0 Å². The number of para-hydroxylation sites is 2. The Morgan fingerprint density at radius 1 is 1.42 bits per heavy atom. The van der Waals surface area contributed by atoms with E-state index in [0.29, 0.717) is 6.04 Å². The van der Waals surface area contributed by atoms with Crippen LogP contribution < -0.4 is 10.1 Å². The van der Waals surface area contributed by atoms with Gasteiger partial charge in [-0.1, -0.05) is 12.1 Å². The fourth-order valence-electron chi connectivity index (χ4n) is 2.37. The first-order chi connectivity index (χ1) is 9.36. The number of ether oxygens (including phenoxy) is 1. The Bertz CT molecular complexity index is 547. The van der Waals surface area contributed by atoms with Crippen LogP contribution in [0.25, 0.3) is 5.69 Å². The number of hydrogen-bond donors (Lipinski definition) is 1. The molecule has 0 bridgehead atoms. The van der Waals surface area contributed by atoms with E-state index >= 15 is 0 Å². The van der Waals surface area contributed by atoms with Gasteiger partial charge in [0.15, 0.2) is 5.82 Å². The summed E-state index contributed by atoms with van der Waals surface area (Å²) in [6.07, 6.45) is 3.24. The maximum absolute atomic E-state index is 5.30. The van der Waals surface area contributed by atoms with Crippen LogP contribution in [-0.4, -0.2) is 39.9 Å². The quantitative estimate of drug-likeness (QED) is 0.886. The highest BCUT2D eigenvalue weighted by Gasteiger charge is 2.17. The maximum Gasteiger partial charge on any atom is 0.176 e. The molecule has 0 saturated carbocycles. The van der Waals surface area contributed by atoms with Crippen molar-refractivity contribution in [3.8, 4) is 11.4 Å². The molecule has 6 nitrogen and oxygen atoms in total. The van der Waals surface area contributed by atoms with Crippen LogP contribution in [0.3, 0.4) is 0 Å². The van der Waals surface area contributed by atoms with Crippen LogP contribution >= 0.6 is 0 Å². The first-order valence-electron chi connectivity index (χ1n) is 6.52. The third-order valence-corrected chi connectivity index (χ3v) is 3.35. The third kappa shape index (κ3) is 2.58. The summed E-state index contributed by atoms with van der Waals surface area (Å²) < 4.78 is 5.30. The lowest BCUT2D eigenvalue weighted by atomic mass is 10.1. The summed E-state index contributed by atoms with van der Waals surface area (Å²) in [4.78, 5) is 1.53. The number of nitrogens with one attached hydrogen (secondary N) is 1. The molecule has 1 atom stereocenters. The Labute approximate surface area is 111 Å². The second kappa shape index (κ2) is 5.36. The molecule has 1 saturated heterocycles. The molecule has 0 aliphatic carbocycles. The molecule has 0 amide bonds. The van der Waals surface area contributed by atoms with Crippen LogP contribution in [0, 0.1) is 0 Å². The standard InChI is InChI=1S/C13H17N5O/c1-19-12-7-3-2-6-11(12)18-16-13(15-17-18)9-10-5-4-8-14-10/h2-3,6-7,10,14H,4-5,8-9H2,1H3. The van der Waals surface area contributed by atoms with Gasteiger partial charge in [0.2, 0.25) is 0 Å². The predicted molar refractivity (Wildman–Crippen MR) is 70.4 cm³/mol. The summed E-state index contributed by atoms with van der Waals surface area (Å²) >= 11 is 0. The van der Waals surface area contributed by atoms with Crippen LogP contribution in [0.1, 0.15) is 18.7 Å². The number of nitrogens with zero attached hydrogens (tertiary/aromatic N) is 4. The van der Waals surface area contributed by atoms with Crippen molar-refractivity contribution >= 4 is 0 Å². The lowest BCUT2D eigenvalue weighted by molar-refractivity contribution is 0.409. The van der Waals surface area contributed by atoms with Gasteiger partial charge in [-0.05, 0) is 36.7 Å². The third-order valence-electron chi connectivity index (χ3n) is 3.35. The molecule has 1 aromatic heterocycles. The monoisotopic (exact) mass is 259 g/mol. The topological polar surface area (TPSA) is 64.9 Å². The molecule has 3 rings (SSSR count). The van der Waals surface area contributed by atoms with Gasteiger partial charge in [-0.15, -0.1) is 15.0 Å². The number of methoxy groups -OCH3 is 1. The fourth-order valence-corrected chi connectivity index (χ4v) is 2.37. The van der Waals surface area contributed by atoms with Gasteiger partial charge in [-0.25, -0.2) is 0 Å². The van der Waals surface area contributed by atoms with Crippen LogP contribution in [0.15, 0.2) is 24.3 Å². The highest BCUT2D eigenvalue weighted by atomic mass is 16.5. The molecule has 1 unspecified atom stereocenters. The Morgan fingerprint density at radius 3 is 3.11 bits per heavy atom. The minimum absolute atomic E-state index is 0.482. The molecule has 1 N–H and O–H groups in total. The molecule has 2 heterocycles. The highest BCUT2D eigenvalue weighted by Crippen LogP contribution is 2.20. The summed E-state index contributed by atoms with van der Waals surface area (Å²) in [6.45, 7) is 1.09. The van der Waals surface area contributed by atoms with Crippen molar-refractivity contribution in [2.45, 2.75) is 25.3 Å². The minimum Gasteiger partial charge on any atom is -0.494 e.